The molecule has 0 fully saturated rings. The van der Waals surface area contributed by atoms with E-state index in [1.54, 1.807) is 6.07 Å². The number of rotatable bonds is 11. The molecule has 192 valence electrons. The van der Waals surface area contributed by atoms with Gasteiger partial charge < -0.3 is 13.6 Å². The van der Waals surface area contributed by atoms with Crippen LogP contribution in [0.1, 0.15) is 63.5 Å². The molecule has 0 heterocycles. The van der Waals surface area contributed by atoms with Gasteiger partial charge >= 0.3 is 7.82 Å². The van der Waals surface area contributed by atoms with Crippen molar-refractivity contribution in [2.24, 2.45) is 0 Å². The van der Waals surface area contributed by atoms with Crippen LogP contribution in [-0.2, 0) is 4.57 Å². The lowest BCUT2D eigenvalue weighted by Gasteiger charge is -2.24. The van der Waals surface area contributed by atoms with Crippen molar-refractivity contribution in [1.82, 2.24) is 0 Å². The van der Waals surface area contributed by atoms with E-state index >= 15 is 0 Å². The second-order valence-electron chi connectivity index (χ2n) is 9.28. The van der Waals surface area contributed by atoms with E-state index < -0.39 is 7.82 Å². The molecule has 5 heteroatoms. The number of hydrogen-bond donors (Lipinski definition) is 0. The van der Waals surface area contributed by atoms with Crippen molar-refractivity contribution < 1.29 is 18.1 Å². The molecule has 0 bridgehead atoms. The number of hydrogen-bond acceptors (Lipinski definition) is 4. The Morgan fingerprint density at radius 2 is 0.973 bits per heavy atom. The lowest BCUT2D eigenvalue weighted by molar-refractivity contribution is 0.295. The van der Waals surface area contributed by atoms with Crippen molar-refractivity contribution in [1.29, 1.82) is 0 Å². The lowest BCUT2D eigenvalue weighted by atomic mass is 9.98. The molecule has 0 aliphatic rings. The number of phosphoric acid groups is 1. The van der Waals surface area contributed by atoms with Gasteiger partial charge in [-0.15, -0.1) is 0 Å². The molecule has 0 aliphatic heterocycles. The van der Waals surface area contributed by atoms with Crippen LogP contribution in [0, 0.1) is 0 Å². The molecule has 2 atom stereocenters. The Hall–Kier alpha value is -3.49. The summed E-state index contributed by atoms with van der Waals surface area (Å²) < 4.78 is 33.3. The van der Waals surface area contributed by atoms with Crippen LogP contribution in [0.2, 0.25) is 0 Å². The summed E-state index contributed by atoms with van der Waals surface area (Å²) in [4.78, 5) is 0. The fraction of sp³-hybridized carbons (Fsp3) is 0.250. The maximum absolute atomic E-state index is 14.6. The van der Waals surface area contributed by atoms with E-state index in [4.69, 9.17) is 13.6 Å². The molecule has 0 aliphatic carbocycles. The van der Waals surface area contributed by atoms with Crippen molar-refractivity contribution >= 4 is 7.82 Å². The van der Waals surface area contributed by atoms with Crippen molar-refractivity contribution in [2.45, 2.75) is 52.4 Å². The molecule has 4 nitrogen and oxygen atoms in total. The molecule has 2 unspecified atom stereocenters. The topological polar surface area (TPSA) is 44.8 Å². The highest BCUT2D eigenvalue weighted by Gasteiger charge is 2.36. The van der Waals surface area contributed by atoms with Crippen molar-refractivity contribution in [3.05, 3.63) is 114 Å². The molecule has 37 heavy (non-hydrogen) atoms. The Morgan fingerprint density at radius 1 is 0.568 bits per heavy atom. The first-order valence-electron chi connectivity index (χ1n) is 12.9. The van der Waals surface area contributed by atoms with Gasteiger partial charge in [-0.3, -0.25) is 0 Å². The molecule has 0 aromatic heterocycles. The molecule has 4 aromatic rings. The number of benzene rings is 4. The normalized spacial score (nSPS) is 14.3. The second kappa shape index (κ2) is 12.2. The van der Waals surface area contributed by atoms with E-state index in [2.05, 4.69) is 27.7 Å². The first-order chi connectivity index (χ1) is 17.9. The zero-order chi connectivity index (χ0) is 26.3. The average molecular weight is 515 g/mol. The highest BCUT2D eigenvalue weighted by Crippen LogP contribution is 2.53. The molecule has 4 aromatic carbocycles. The van der Waals surface area contributed by atoms with Crippen molar-refractivity contribution in [3.8, 4) is 28.4 Å². The Bertz CT molecular complexity index is 1290. The van der Waals surface area contributed by atoms with Crippen LogP contribution < -0.4 is 13.6 Å². The monoisotopic (exact) mass is 514 g/mol. The van der Waals surface area contributed by atoms with Gasteiger partial charge in [0.1, 0.15) is 17.2 Å². The smallest absolute Gasteiger partial charge is 0.386 e. The van der Waals surface area contributed by atoms with E-state index in [-0.39, 0.29) is 11.8 Å². The van der Waals surface area contributed by atoms with E-state index in [1.807, 2.05) is 97.1 Å². The molecule has 0 saturated heterocycles. The molecular weight excluding hydrogens is 479 g/mol. The Labute approximate surface area is 220 Å². The highest BCUT2D eigenvalue weighted by atomic mass is 31.2. The summed E-state index contributed by atoms with van der Waals surface area (Å²) in [5.41, 5.74) is 3.68. The van der Waals surface area contributed by atoms with Gasteiger partial charge in [-0.25, -0.2) is 0 Å². The van der Waals surface area contributed by atoms with Gasteiger partial charge in [0.25, 0.3) is 0 Å². The van der Waals surface area contributed by atoms with Gasteiger partial charge in [-0.05, 0) is 59.6 Å². The maximum atomic E-state index is 14.6. The fourth-order valence-corrected chi connectivity index (χ4v) is 5.53. The Kier molecular flexibility index (Phi) is 8.74. The predicted molar refractivity (Wildman–Crippen MR) is 152 cm³/mol. The fourth-order valence-electron chi connectivity index (χ4n) is 4.20. The first kappa shape index (κ1) is 26.6. The van der Waals surface area contributed by atoms with Gasteiger partial charge in [0.05, 0.1) is 0 Å². The molecular formula is C32H35O4P. The minimum absolute atomic E-state index is 0.216. The van der Waals surface area contributed by atoms with E-state index in [1.165, 1.54) is 0 Å². The quantitative estimate of drug-likeness (QED) is 0.187. The maximum Gasteiger partial charge on any atom is 0.647 e. The van der Waals surface area contributed by atoms with Crippen molar-refractivity contribution in [3.63, 3.8) is 0 Å². The third-order valence-corrected chi connectivity index (χ3v) is 7.99. The SMILES string of the molecule is CCC(C)c1ccccc1OP(=O)(Oc1ccccc1-c1ccccc1)Oc1ccccc1C(C)CC. The van der Waals surface area contributed by atoms with Gasteiger partial charge in [0, 0.05) is 5.56 Å². The first-order valence-corrected chi connectivity index (χ1v) is 14.4. The second-order valence-corrected chi connectivity index (χ2v) is 10.7. The van der Waals surface area contributed by atoms with Crippen LogP contribution in [-0.4, -0.2) is 0 Å². The summed E-state index contributed by atoms with van der Waals surface area (Å²) in [6, 6.07) is 32.7. The van der Waals surface area contributed by atoms with Crippen LogP contribution in [0.4, 0.5) is 0 Å². The van der Waals surface area contributed by atoms with Crippen LogP contribution in [0.25, 0.3) is 11.1 Å². The van der Waals surface area contributed by atoms with Gasteiger partial charge in [-0.2, -0.15) is 4.57 Å². The van der Waals surface area contributed by atoms with Gasteiger partial charge in [-0.1, -0.05) is 113 Å². The van der Waals surface area contributed by atoms with Gasteiger partial charge in [0.15, 0.2) is 0 Å². The average Bonchev–Trinajstić information content (AvgIpc) is 2.93. The summed E-state index contributed by atoms with van der Waals surface area (Å²) in [7, 11) is -4.19. The van der Waals surface area contributed by atoms with Crippen LogP contribution in [0.15, 0.2) is 103 Å². The number of phosphoric ester groups is 1. The van der Waals surface area contributed by atoms with E-state index in [9.17, 15) is 4.57 Å². The zero-order valence-electron chi connectivity index (χ0n) is 22.0. The highest BCUT2D eigenvalue weighted by molar-refractivity contribution is 7.49. The Balaban J connectivity index is 1.79. The van der Waals surface area contributed by atoms with Crippen LogP contribution >= 0.6 is 7.82 Å². The third kappa shape index (κ3) is 6.45. The molecule has 0 N–H and O–H groups in total. The van der Waals surface area contributed by atoms with E-state index in [0.717, 1.165) is 35.1 Å². The molecule has 0 saturated carbocycles. The minimum Gasteiger partial charge on any atom is -0.386 e. The zero-order valence-corrected chi connectivity index (χ0v) is 22.9. The van der Waals surface area contributed by atoms with Gasteiger partial charge in [0.2, 0.25) is 0 Å². The molecule has 0 radical (unpaired) electrons. The number of para-hydroxylation sites is 3. The summed E-state index contributed by atoms with van der Waals surface area (Å²) in [6.45, 7) is 8.48. The largest absolute Gasteiger partial charge is 0.647 e. The minimum atomic E-state index is -4.19. The molecule has 0 amide bonds. The van der Waals surface area contributed by atoms with E-state index in [0.29, 0.717) is 17.2 Å². The van der Waals surface area contributed by atoms with Crippen LogP contribution in [0.5, 0.6) is 17.2 Å². The Morgan fingerprint density at radius 3 is 1.49 bits per heavy atom. The summed E-state index contributed by atoms with van der Waals surface area (Å²) in [5.74, 6) is 1.86. The standard InChI is InChI=1S/C32H35O4P/c1-5-24(3)27-18-10-13-21-30(27)34-37(33,35-31-22-14-11-19-28(31)25(4)6-2)36-32-23-15-12-20-29(32)26-16-8-7-9-17-26/h7-25H,5-6H2,1-4H3. The summed E-state index contributed by atoms with van der Waals surface area (Å²) in [6.07, 6.45) is 1.83. The summed E-state index contributed by atoms with van der Waals surface area (Å²) in [5, 5.41) is 0. The summed E-state index contributed by atoms with van der Waals surface area (Å²) >= 11 is 0. The lowest BCUT2D eigenvalue weighted by Crippen LogP contribution is -2.11. The molecule has 4 rings (SSSR count). The van der Waals surface area contributed by atoms with Crippen molar-refractivity contribution in [2.75, 3.05) is 0 Å². The third-order valence-electron chi connectivity index (χ3n) is 6.73. The molecule has 0 spiro atoms. The van der Waals surface area contributed by atoms with Crippen LogP contribution in [0.3, 0.4) is 0 Å². The predicted octanol–water partition coefficient (Wildman–Crippen LogP) is 10.0.